The Morgan fingerprint density at radius 2 is 1.67 bits per heavy atom. The number of carboxylic acid groups (broad SMARTS) is 2. The zero-order valence-corrected chi connectivity index (χ0v) is 27.1. The van der Waals surface area contributed by atoms with Crippen LogP contribution in [0.3, 0.4) is 0 Å². The maximum absolute atomic E-state index is 11.8. The van der Waals surface area contributed by atoms with Gasteiger partial charge in [0.1, 0.15) is 6.10 Å². The van der Waals surface area contributed by atoms with Crippen LogP contribution in [-0.4, -0.2) is 89.8 Å². The number of aromatic nitrogens is 6. The summed E-state index contributed by atoms with van der Waals surface area (Å²) in [6, 6.07) is 7.67. The monoisotopic (exact) mass is 712 g/mol. The third kappa shape index (κ3) is 7.55. The van der Waals surface area contributed by atoms with Crippen LogP contribution in [0, 0.1) is 0 Å². The Hall–Kier alpha value is -3.90. The van der Waals surface area contributed by atoms with E-state index in [0.717, 1.165) is 17.5 Å². The highest BCUT2D eigenvalue weighted by atomic mass is 35.5. The van der Waals surface area contributed by atoms with Crippen molar-refractivity contribution in [2.45, 2.75) is 37.7 Å². The van der Waals surface area contributed by atoms with Crippen LogP contribution in [-0.2, 0) is 20.4 Å². The number of nitrogens with zero attached hydrogens (tertiary/aromatic N) is 6. The van der Waals surface area contributed by atoms with Crippen molar-refractivity contribution in [1.82, 2.24) is 29.5 Å². The second kappa shape index (κ2) is 14.3. The molecular formula is C27H26Cl2N6O9S2. The zero-order chi connectivity index (χ0) is 33.0. The van der Waals surface area contributed by atoms with Gasteiger partial charge in [-0.05, 0) is 43.5 Å². The summed E-state index contributed by atoms with van der Waals surface area (Å²) in [5, 5.41) is 27.7. The number of aromatic carboxylic acids is 2. The summed E-state index contributed by atoms with van der Waals surface area (Å²) in [6.07, 6.45) is 4.62. The van der Waals surface area contributed by atoms with Gasteiger partial charge < -0.3 is 23.9 Å². The summed E-state index contributed by atoms with van der Waals surface area (Å²) in [5.74, 6) is -1.85. The van der Waals surface area contributed by atoms with E-state index in [0.29, 0.717) is 23.6 Å². The van der Waals surface area contributed by atoms with Gasteiger partial charge in [0.25, 0.3) is 0 Å². The van der Waals surface area contributed by atoms with Crippen LogP contribution in [0.5, 0.6) is 11.8 Å². The van der Waals surface area contributed by atoms with Gasteiger partial charge in [-0.3, -0.25) is 0 Å². The Kier molecular flexibility index (Phi) is 10.4. The standard InChI is InChI=1S/C15H16ClN3O4S.C12H10ClN3O5S/c1-2-9-12(15(20)21)19(13-10(16)5-3-7-17-13)18-14(9)23-11-6-4-8-22-24-11;13-8-2-1-3-14-11(8)16-9(12(17)18)4-10(15-16)21-7-5-22(19,20)6-7/h3,5,7,11H,2,4,6,8H2,1H3,(H,20,21);1-4,7H,5-6H2,(H,17,18). The number of hydrogen-bond donors (Lipinski definition) is 2. The fourth-order valence-corrected chi connectivity index (χ4v) is 6.79. The fourth-order valence-electron chi connectivity index (χ4n) is 4.45. The van der Waals surface area contributed by atoms with Gasteiger partial charge in [-0.25, -0.2) is 37.3 Å². The molecular weight excluding hydrogens is 687 g/mol. The van der Waals surface area contributed by atoms with Crippen molar-refractivity contribution in [3.05, 3.63) is 69.7 Å². The molecule has 19 heteroatoms. The van der Waals surface area contributed by atoms with E-state index in [1.54, 1.807) is 24.3 Å². The lowest BCUT2D eigenvalue weighted by Crippen LogP contribution is -2.45. The van der Waals surface area contributed by atoms with Crippen molar-refractivity contribution in [2.75, 3.05) is 18.1 Å². The topological polar surface area (TPSA) is 198 Å². The smallest absolute Gasteiger partial charge is 0.355 e. The summed E-state index contributed by atoms with van der Waals surface area (Å²) < 4.78 is 41.1. The SMILES string of the molecule is CCc1c(OC2CCCOS2)nn(-c2ncccc2Cl)c1C(=O)O.O=C(O)c1cc(OC2CS(=O)(=O)C2)nn1-c1ncccc1Cl. The van der Waals surface area contributed by atoms with Crippen molar-refractivity contribution in [3.63, 3.8) is 0 Å². The molecule has 0 aliphatic carbocycles. The summed E-state index contributed by atoms with van der Waals surface area (Å²) in [6.45, 7) is 2.54. The van der Waals surface area contributed by atoms with Crippen LogP contribution >= 0.6 is 35.2 Å². The maximum Gasteiger partial charge on any atom is 0.355 e. The normalized spacial score (nSPS) is 17.3. The van der Waals surface area contributed by atoms with Crippen LogP contribution < -0.4 is 9.47 Å². The summed E-state index contributed by atoms with van der Waals surface area (Å²) in [5.41, 5.74) is 0.122. The molecule has 0 amide bonds. The van der Waals surface area contributed by atoms with Gasteiger partial charge in [-0.1, -0.05) is 30.1 Å². The number of carboxylic acids is 2. The molecule has 46 heavy (non-hydrogen) atoms. The van der Waals surface area contributed by atoms with E-state index in [2.05, 4.69) is 20.2 Å². The van der Waals surface area contributed by atoms with Gasteiger partial charge in [0, 0.05) is 36.1 Å². The molecule has 2 aliphatic rings. The molecule has 1 atom stereocenters. The molecule has 0 saturated carbocycles. The van der Waals surface area contributed by atoms with Crippen molar-refractivity contribution < 1.29 is 41.9 Å². The fraction of sp³-hybridized carbons (Fsp3) is 0.333. The largest absolute Gasteiger partial charge is 0.477 e. The van der Waals surface area contributed by atoms with Gasteiger partial charge >= 0.3 is 11.9 Å². The molecule has 0 radical (unpaired) electrons. The molecule has 15 nitrogen and oxygen atoms in total. The summed E-state index contributed by atoms with van der Waals surface area (Å²) in [7, 11) is -3.04. The number of rotatable bonds is 9. The number of hydrogen-bond acceptors (Lipinski definition) is 12. The summed E-state index contributed by atoms with van der Waals surface area (Å²) >= 11 is 13.4. The average molecular weight is 714 g/mol. The predicted octanol–water partition coefficient (Wildman–Crippen LogP) is 4.14. The minimum Gasteiger partial charge on any atom is -0.477 e. The van der Waals surface area contributed by atoms with E-state index in [4.69, 9.17) is 36.9 Å². The van der Waals surface area contributed by atoms with Crippen LogP contribution in [0.4, 0.5) is 0 Å². The molecule has 4 aromatic heterocycles. The number of ether oxygens (including phenoxy) is 2. The predicted molar refractivity (Wildman–Crippen MR) is 166 cm³/mol. The van der Waals surface area contributed by atoms with Gasteiger partial charge in [0.2, 0.25) is 11.8 Å². The molecule has 2 aliphatic heterocycles. The second-order valence-electron chi connectivity index (χ2n) is 9.83. The third-order valence-corrected chi connectivity index (χ3v) is 9.74. The first kappa shape index (κ1) is 33.5. The molecule has 2 fully saturated rings. The lowest BCUT2D eigenvalue weighted by Gasteiger charge is -2.25. The van der Waals surface area contributed by atoms with Crippen molar-refractivity contribution >= 4 is 57.0 Å². The summed E-state index contributed by atoms with van der Waals surface area (Å²) in [4.78, 5) is 31.2. The Morgan fingerprint density at radius 3 is 2.20 bits per heavy atom. The minimum absolute atomic E-state index is 0.00910. The lowest BCUT2D eigenvalue weighted by molar-refractivity contribution is 0.0675. The first-order chi connectivity index (χ1) is 22.0. The van der Waals surface area contributed by atoms with Crippen molar-refractivity contribution in [2.24, 2.45) is 0 Å². The van der Waals surface area contributed by atoms with Crippen LogP contribution in [0.2, 0.25) is 10.0 Å². The average Bonchev–Trinajstić information content (AvgIpc) is 3.59. The van der Waals surface area contributed by atoms with Gasteiger partial charge in [-0.15, -0.1) is 10.2 Å². The highest BCUT2D eigenvalue weighted by molar-refractivity contribution is 7.95. The molecule has 6 heterocycles. The number of carbonyl (C=O) groups is 2. The van der Waals surface area contributed by atoms with Gasteiger partial charge in [-0.2, -0.15) is 0 Å². The first-order valence-electron chi connectivity index (χ1n) is 13.7. The minimum atomic E-state index is -3.04. The molecule has 2 N–H and O–H groups in total. The van der Waals surface area contributed by atoms with Crippen LogP contribution in [0.25, 0.3) is 11.6 Å². The van der Waals surface area contributed by atoms with E-state index < -0.39 is 27.9 Å². The lowest BCUT2D eigenvalue weighted by atomic mass is 10.2. The van der Waals surface area contributed by atoms with E-state index in [1.165, 1.54) is 35.2 Å². The molecule has 1 unspecified atom stereocenters. The molecule has 4 aromatic rings. The zero-order valence-electron chi connectivity index (χ0n) is 23.9. The van der Waals surface area contributed by atoms with Crippen molar-refractivity contribution in [3.8, 4) is 23.4 Å². The second-order valence-corrected chi connectivity index (χ2v) is 13.8. The van der Waals surface area contributed by atoms with Crippen molar-refractivity contribution in [1.29, 1.82) is 0 Å². The van der Waals surface area contributed by atoms with E-state index in [9.17, 15) is 28.2 Å². The highest BCUT2D eigenvalue weighted by Gasteiger charge is 2.36. The molecule has 2 saturated heterocycles. The molecule has 0 bridgehead atoms. The molecule has 244 valence electrons. The Labute approximate surface area is 276 Å². The molecule has 0 aromatic carbocycles. The highest BCUT2D eigenvalue weighted by Crippen LogP contribution is 2.32. The van der Waals surface area contributed by atoms with E-state index in [-0.39, 0.29) is 56.7 Å². The number of halogens is 2. The Balaban J connectivity index is 0.000000182. The maximum atomic E-state index is 11.8. The van der Waals surface area contributed by atoms with E-state index in [1.807, 2.05) is 6.92 Å². The van der Waals surface area contributed by atoms with Crippen LogP contribution in [0.1, 0.15) is 46.3 Å². The molecule has 6 rings (SSSR count). The quantitative estimate of drug-likeness (QED) is 0.235. The van der Waals surface area contributed by atoms with Gasteiger partial charge in [0.05, 0.1) is 28.2 Å². The Bertz CT molecular complexity index is 1850. The third-order valence-electron chi connectivity index (χ3n) is 6.54. The van der Waals surface area contributed by atoms with Gasteiger partial charge in [0.15, 0.2) is 38.3 Å². The number of sulfone groups is 1. The number of pyridine rings is 2. The molecule has 0 spiro atoms. The van der Waals surface area contributed by atoms with E-state index >= 15 is 0 Å². The Morgan fingerprint density at radius 1 is 1.02 bits per heavy atom. The first-order valence-corrected chi connectivity index (χ1v) is 17.1. The van der Waals surface area contributed by atoms with Crippen LogP contribution in [0.15, 0.2) is 42.7 Å².